The largest absolute Gasteiger partial charge is 0.299 e. The van der Waals surface area contributed by atoms with E-state index in [2.05, 4.69) is 29.8 Å². The summed E-state index contributed by atoms with van der Waals surface area (Å²) in [6, 6.07) is 15.8. The van der Waals surface area contributed by atoms with E-state index < -0.39 is 0 Å². The molecule has 0 saturated heterocycles. The van der Waals surface area contributed by atoms with Crippen molar-refractivity contribution in [2.24, 2.45) is 5.92 Å². The lowest BCUT2D eigenvalue weighted by atomic mass is 10.0. The van der Waals surface area contributed by atoms with Crippen LogP contribution in [0.25, 0.3) is 21.0 Å². The maximum atomic E-state index is 12.4. The second kappa shape index (κ2) is 8.47. The Kier molecular flexibility index (Phi) is 6.28. The van der Waals surface area contributed by atoms with Crippen LogP contribution in [-0.2, 0) is 11.2 Å². The van der Waals surface area contributed by atoms with E-state index in [1.54, 1.807) is 11.3 Å². The van der Waals surface area contributed by atoms with Crippen molar-refractivity contribution in [3.63, 3.8) is 0 Å². The summed E-state index contributed by atoms with van der Waals surface area (Å²) in [6.07, 6.45) is 0.920. The van der Waals surface area contributed by atoms with Crippen molar-refractivity contribution in [3.8, 4) is 21.0 Å². The van der Waals surface area contributed by atoms with E-state index in [9.17, 15) is 4.79 Å². The monoisotopic (exact) mass is 447 g/mol. The Balaban J connectivity index is 2.04. The van der Waals surface area contributed by atoms with Crippen LogP contribution < -0.4 is 0 Å². The molecule has 1 heterocycles. The molecule has 2 aromatic carbocycles. The second-order valence-electron chi connectivity index (χ2n) is 6.63. The third kappa shape index (κ3) is 4.81. The number of Topliss-reactive ketones (excluding diaryl/α,β-unsaturated/α-hetero) is 1. The van der Waals surface area contributed by atoms with Crippen LogP contribution >= 0.6 is 38.9 Å². The van der Waals surface area contributed by atoms with Crippen LogP contribution in [0.3, 0.4) is 0 Å². The molecule has 0 atom stereocenters. The van der Waals surface area contributed by atoms with Crippen LogP contribution in [0.15, 0.2) is 53.0 Å². The van der Waals surface area contributed by atoms with Crippen LogP contribution in [0.5, 0.6) is 0 Å². The molecule has 1 aromatic heterocycles. The average Bonchev–Trinajstić information content (AvgIpc) is 2.98. The molecule has 0 aliphatic carbocycles. The molecule has 0 aliphatic rings. The molecule has 0 fully saturated rings. The summed E-state index contributed by atoms with van der Waals surface area (Å²) >= 11 is 11.3. The van der Waals surface area contributed by atoms with Crippen molar-refractivity contribution in [3.05, 3.63) is 63.7 Å². The van der Waals surface area contributed by atoms with Crippen LogP contribution in [0.2, 0.25) is 5.02 Å². The van der Waals surface area contributed by atoms with Gasteiger partial charge >= 0.3 is 0 Å². The van der Waals surface area contributed by atoms with Gasteiger partial charge in [0.2, 0.25) is 0 Å². The molecule has 5 heteroatoms. The number of benzene rings is 2. The number of hydrogen-bond acceptors (Lipinski definition) is 3. The lowest BCUT2D eigenvalue weighted by Gasteiger charge is -2.05. The van der Waals surface area contributed by atoms with Gasteiger partial charge in [-0.25, -0.2) is 4.98 Å². The zero-order valence-electron chi connectivity index (χ0n) is 14.6. The summed E-state index contributed by atoms with van der Waals surface area (Å²) in [5.74, 6) is 0.565. The first kappa shape index (κ1) is 19.3. The van der Waals surface area contributed by atoms with Gasteiger partial charge in [0.1, 0.15) is 10.8 Å². The second-order valence-corrected chi connectivity index (χ2v) is 8.98. The number of halogens is 2. The molecule has 0 amide bonds. The highest BCUT2D eigenvalue weighted by atomic mass is 79.9. The molecule has 0 aliphatic heterocycles. The normalized spacial score (nSPS) is 11.1. The van der Waals surface area contributed by atoms with E-state index in [-0.39, 0.29) is 5.78 Å². The summed E-state index contributed by atoms with van der Waals surface area (Å²) < 4.78 is 1.01. The Morgan fingerprint density at radius 2 is 1.88 bits per heavy atom. The topological polar surface area (TPSA) is 30.0 Å². The van der Waals surface area contributed by atoms with Gasteiger partial charge in [0.05, 0.1) is 17.0 Å². The van der Waals surface area contributed by atoms with Gasteiger partial charge < -0.3 is 0 Å². The van der Waals surface area contributed by atoms with Gasteiger partial charge in [-0.05, 0) is 35.7 Å². The summed E-state index contributed by atoms with van der Waals surface area (Å²) in [5.41, 5.74) is 2.87. The fraction of sp³-hybridized carbons (Fsp3) is 0.238. The molecule has 3 aromatic rings. The lowest BCUT2D eigenvalue weighted by Crippen LogP contribution is -2.07. The van der Waals surface area contributed by atoms with Gasteiger partial charge in [-0.2, -0.15) is 0 Å². The Hall–Kier alpha value is -1.49. The number of aromatic nitrogens is 1. The standard InChI is InChI=1S/C21H19BrClNOS/c1-13(2)9-18(25)12-19-20(14-5-4-8-17(23)11-14)26-21(24-19)15-6-3-7-16(22)10-15/h3-8,10-11,13H,9,12H2,1-2H3. The smallest absolute Gasteiger partial charge is 0.139 e. The van der Waals surface area contributed by atoms with E-state index in [1.807, 2.05) is 48.5 Å². The van der Waals surface area contributed by atoms with Crippen LogP contribution in [0, 0.1) is 5.92 Å². The third-order valence-electron chi connectivity index (χ3n) is 3.86. The zero-order valence-corrected chi connectivity index (χ0v) is 17.8. The Morgan fingerprint density at radius 3 is 2.58 bits per heavy atom. The lowest BCUT2D eigenvalue weighted by molar-refractivity contribution is -0.119. The van der Waals surface area contributed by atoms with E-state index in [0.29, 0.717) is 23.8 Å². The van der Waals surface area contributed by atoms with Crippen molar-refractivity contribution in [2.45, 2.75) is 26.7 Å². The van der Waals surface area contributed by atoms with E-state index >= 15 is 0 Å². The Bertz CT molecular complexity index is 935. The molecule has 134 valence electrons. The molecule has 2 nitrogen and oxygen atoms in total. The highest BCUT2D eigenvalue weighted by Crippen LogP contribution is 2.37. The van der Waals surface area contributed by atoms with Crippen LogP contribution in [0.1, 0.15) is 26.0 Å². The van der Waals surface area contributed by atoms with Crippen LogP contribution in [-0.4, -0.2) is 10.8 Å². The number of ketones is 1. The molecule has 0 N–H and O–H groups in total. The Labute approximate surface area is 171 Å². The SMILES string of the molecule is CC(C)CC(=O)Cc1nc(-c2cccc(Br)c2)sc1-c1cccc(Cl)c1. The van der Waals surface area contributed by atoms with Gasteiger partial charge in [0, 0.05) is 21.5 Å². The summed E-state index contributed by atoms with van der Waals surface area (Å²) in [7, 11) is 0. The number of rotatable bonds is 6. The number of carbonyl (C=O) groups excluding carboxylic acids is 1. The van der Waals surface area contributed by atoms with Crippen molar-refractivity contribution in [1.82, 2.24) is 4.98 Å². The molecule has 26 heavy (non-hydrogen) atoms. The molecule has 0 unspecified atom stereocenters. The minimum absolute atomic E-state index is 0.217. The van der Waals surface area contributed by atoms with E-state index in [0.717, 1.165) is 31.2 Å². The first-order valence-corrected chi connectivity index (χ1v) is 10.4. The molecule has 0 spiro atoms. The molecular formula is C21H19BrClNOS. The van der Waals surface area contributed by atoms with Crippen molar-refractivity contribution in [2.75, 3.05) is 0 Å². The number of hydrogen-bond donors (Lipinski definition) is 0. The number of carbonyl (C=O) groups is 1. The molecule has 3 rings (SSSR count). The Morgan fingerprint density at radius 1 is 1.15 bits per heavy atom. The van der Waals surface area contributed by atoms with E-state index in [1.165, 1.54) is 0 Å². The number of thiazole rings is 1. The van der Waals surface area contributed by atoms with E-state index in [4.69, 9.17) is 16.6 Å². The number of nitrogens with zero attached hydrogens (tertiary/aromatic N) is 1. The summed E-state index contributed by atoms with van der Waals surface area (Å²) in [4.78, 5) is 18.2. The quantitative estimate of drug-likeness (QED) is 0.404. The van der Waals surface area contributed by atoms with Gasteiger partial charge in [-0.15, -0.1) is 11.3 Å². The highest BCUT2D eigenvalue weighted by Gasteiger charge is 2.18. The summed E-state index contributed by atoms with van der Waals surface area (Å²) in [5, 5.41) is 1.59. The van der Waals surface area contributed by atoms with Gasteiger partial charge in [0.15, 0.2) is 0 Å². The van der Waals surface area contributed by atoms with Crippen molar-refractivity contribution >= 4 is 44.7 Å². The van der Waals surface area contributed by atoms with Gasteiger partial charge in [-0.3, -0.25) is 4.79 Å². The predicted molar refractivity (Wildman–Crippen MR) is 114 cm³/mol. The van der Waals surface area contributed by atoms with Crippen molar-refractivity contribution < 1.29 is 4.79 Å². The molecule has 0 bridgehead atoms. The maximum Gasteiger partial charge on any atom is 0.139 e. The predicted octanol–water partition coefficient (Wildman–Crippen LogP) is 7.05. The van der Waals surface area contributed by atoms with Crippen LogP contribution in [0.4, 0.5) is 0 Å². The maximum absolute atomic E-state index is 12.4. The molecule has 0 radical (unpaired) electrons. The van der Waals surface area contributed by atoms with Crippen molar-refractivity contribution in [1.29, 1.82) is 0 Å². The third-order valence-corrected chi connectivity index (χ3v) is 5.78. The minimum atomic E-state index is 0.217. The molecular weight excluding hydrogens is 430 g/mol. The minimum Gasteiger partial charge on any atom is -0.299 e. The molecule has 0 saturated carbocycles. The highest BCUT2D eigenvalue weighted by molar-refractivity contribution is 9.10. The summed E-state index contributed by atoms with van der Waals surface area (Å²) in [6.45, 7) is 4.12. The van der Waals surface area contributed by atoms with Gasteiger partial charge in [-0.1, -0.05) is 65.6 Å². The fourth-order valence-corrected chi connectivity index (χ4v) is 4.45. The first-order valence-electron chi connectivity index (χ1n) is 8.45. The van der Waals surface area contributed by atoms with Gasteiger partial charge in [0.25, 0.3) is 0 Å². The first-order chi connectivity index (χ1) is 12.4. The zero-order chi connectivity index (χ0) is 18.7. The fourth-order valence-electron chi connectivity index (χ4n) is 2.79. The average molecular weight is 449 g/mol.